The van der Waals surface area contributed by atoms with Crippen molar-refractivity contribution >= 4 is 17.8 Å². The minimum absolute atomic E-state index is 0.0205. The van der Waals surface area contributed by atoms with E-state index < -0.39 is 17.9 Å². The minimum atomic E-state index is -1.01. The van der Waals surface area contributed by atoms with E-state index in [0.29, 0.717) is 22.6 Å². The van der Waals surface area contributed by atoms with Crippen LogP contribution in [0, 0.1) is 0 Å². The lowest BCUT2D eigenvalue weighted by Gasteiger charge is -2.18. The summed E-state index contributed by atoms with van der Waals surface area (Å²) in [5.41, 5.74) is 1.40. The highest BCUT2D eigenvalue weighted by molar-refractivity contribution is 5.87. The molecule has 0 spiro atoms. The zero-order valence-corrected chi connectivity index (χ0v) is 17.3. The number of amides is 2. The molecule has 0 aliphatic carbocycles. The summed E-state index contributed by atoms with van der Waals surface area (Å²) in [7, 11) is 4.27. The molecule has 0 aromatic heterocycles. The van der Waals surface area contributed by atoms with Crippen molar-refractivity contribution in [3.8, 4) is 11.5 Å². The van der Waals surface area contributed by atoms with Gasteiger partial charge >= 0.3 is 5.97 Å². The second kappa shape index (κ2) is 11.5. The lowest BCUT2D eigenvalue weighted by Crippen LogP contribution is -2.49. The Labute approximate surface area is 175 Å². The van der Waals surface area contributed by atoms with Crippen molar-refractivity contribution in [1.29, 1.82) is 0 Å². The molecule has 0 bridgehead atoms. The molecule has 0 aliphatic heterocycles. The first-order valence-corrected chi connectivity index (χ1v) is 9.36. The number of rotatable bonds is 10. The van der Waals surface area contributed by atoms with E-state index in [4.69, 9.17) is 14.2 Å². The van der Waals surface area contributed by atoms with E-state index in [2.05, 4.69) is 10.6 Å². The van der Waals surface area contributed by atoms with Crippen molar-refractivity contribution in [2.45, 2.75) is 18.9 Å². The molecule has 1 atom stereocenters. The van der Waals surface area contributed by atoms with Crippen LogP contribution in [0.25, 0.3) is 0 Å². The van der Waals surface area contributed by atoms with E-state index in [-0.39, 0.29) is 25.3 Å². The van der Waals surface area contributed by atoms with Gasteiger partial charge in [0.2, 0.25) is 11.8 Å². The molecule has 1 unspecified atom stereocenters. The number of hydrogen-bond donors (Lipinski definition) is 2. The summed E-state index contributed by atoms with van der Waals surface area (Å²) in [6, 6.07) is 13.3. The Balaban J connectivity index is 1.96. The molecule has 160 valence electrons. The van der Waals surface area contributed by atoms with Gasteiger partial charge in [0.15, 0.2) is 0 Å². The molecule has 0 saturated heterocycles. The van der Waals surface area contributed by atoms with Crippen molar-refractivity contribution < 1.29 is 28.6 Å². The molecule has 8 nitrogen and oxygen atoms in total. The molecule has 0 saturated carbocycles. The molecule has 0 heterocycles. The third-order valence-electron chi connectivity index (χ3n) is 4.41. The first kappa shape index (κ1) is 22.7. The van der Waals surface area contributed by atoms with Crippen LogP contribution >= 0.6 is 0 Å². The molecule has 0 radical (unpaired) electrons. The number of para-hydroxylation sites is 2. The molecule has 2 rings (SSSR count). The summed E-state index contributed by atoms with van der Waals surface area (Å²) in [4.78, 5) is 36.8. The van der Waals surface area contributed by atoms with E-state index >= 15 is 0 Å². The number of benzene rings is 2. The first-order chi connectivity index (χ1) is 14.5. The molecule has 2 aromatic rings. The summed E-state index contributed by atoms with van der Waals surface area (Å²) < 4.78 is 15.2. The number of ether oxygens (including phenoxy) is 3. The topological polar surface area (TPSA) is 103 Å². The predicted molar refractivity (Wildman–Crippen MR) is 110 cm³/mol. The van der Waals surface area contributed by atoms with Gasteiger partial charge in [0, 0.05) is 17.7 Å². The minimum Gasteiger partial charge on any atom is -0.496 e. The average Bonchev–Trinajstić information content (AvgIpc) is 2.76. The Morgan fingerprint density at radius 1 is 0.800 bits per heavy atom. The van der Waals surface area contributed by atoms with E-state index in [0.717, 1.165) is 0 Å². The smallest absolute Gasteiger partial charge is 0.330 e. The standard InChI is InChI=1S/C22H26N2O6/c1-28-18-10-6-4-8-15(18)12-20(25)23-14-17(22(27)30-3)24-21(26)13-16-9-5-7-11-19(16)29-2/h4-11,17H,12-14H2,1-3H3,(H,23,25)(H,24,26). The van der Waals surface area contributed by atoms with Gasteiger partial charge in [-0.3, -0.25) is 9.59 Å². The van der Waals surface area contributed by atoms with Crippen molar-refractivity contribution in [1.82, 2.24) is 10.6 Å². The van der Waals surface area contributed by atoms with Crippen molar-refractivity contribution in [3.05, 3.63) is 59.7 Å². The normalized spacial score (nSPS) is 11.2. The van der Waals surface area contributed by atoms with Gasteiger partial charge in [-0.1, -0.05) is 36.4 Å². The van der Waals surface area contributed by atoms with Crippen LogP contribution in [-0.2, 0) is 32.0 Å². The SMILES string of the molecule is COC(=O)C(CNC(=O)Cc1ccccc1OC)NC(=O)Cc1ccccc1OC. The third-order valence-corrected chi connectivity index (χ3v) is 4.41. The molecular weight excluding hydrogens is 388 g/mol. The molecule has 2 N–H and O–H groups in total. The largest absolute Gasteiger partial charge is 0.496 e. The first-order valence-electron chi connectivity index (χ1n) is 9.36. The van der Waals surface area contributed by atoms with Gasteiger partial charge in [-0.2, -0.15) is 0 Å². The summed E-state index contributed by atoms with van der Waals surface area (Å²) in [6.07, 6.45) is 0.0970. The highest BCUT2D eigenvalue weighted by Crippen LogP contribution is 2.18. The highest BCUT2D eigenvalue weighted by Gasteiger charge is 2.23. The highest BCUT2D eigenvalue weighted by atomic mass is 16.5. The van der Waals surface area contributed by atoms with Gasteiger partial charge in [-0.15, -0.1) is 0 Å². The van der Waals surface area contributed by atoms with Crippen LogP contribution in [0.15, 0.2) is 48.5 Å². The molecule has 0 aliphatic rings. The lowest BCUT2D eigenvalue weighted by molar-refractivity contribution is -0.145. The lowest BCUT2D eigenvalue weighted by atomic mass is 10.1. The van der Waals surface area contributed by atoms with Crippen LogP contribution in [0.1, 0.15) is 11.1 Å². The monoisotopic (exact) mass is 414 g/mol. The molecule has 2 amide bonds. The summed E-state index contributed by atoms with van der Waals surface area (Å²) in [5.74, 6) is -0.183. The van der Waals surface area contributed by atoms with E-state index in [1.807, 2.05) is 6.07 Å². The fourth-order valence-electron chi connectivity index (χ4n) is 2.90. The van der Waals surface area contributed by atoms with Crippen molar-refractivity contribution in [2.75, 3.05) is 27.9 Å². The van der Waals surface area contributed by atoms with Crippen LogP contribution in [0.3, 0.4) is 0 Å². The van der Waals surface area contributed by atoms with Crippen LogP contribution in [-0.4, -0.2) is 51.7 Å². The Morgan fingerprint density at radius 2 is 1.30 bits per heavy atom. The number of esters is 1. The average molecular weight is 414 g/mol. The molecular formula is C22H26N2O6. The van der Waals surface area contributed by atoms with Crippen LogP contribution in [0.5, 0.6) is 11.5 Å². The molecule has 30 heavy (non-hydrogen) atoms. The fraction of sp³-hybridized carbons (Fsp3) is 0.318. The fourth-order valence-corrected chi connectivity index (χ4v) is 2.90. The zero-order valence-electron chi connectivity index (χ0n) is 17.3. The van der Waals surface area contributed by atoms with Crippen LogP contribution in [0.2, 0.25) is 0 Å². The van der Waals surface area contributed by atoms with Gasteiger partial charge in [0.1, 0.15) is 17.5 Å². The van der Waals surface area contributed by atoms with Gasteiger partial charge in [0.05, 0.1) is 34.2 Å². The summed E-state index contributed by atoms with van der Waals surface area (Å²) >= 11 is 0. The summed E-state index contributed by atoms with van der Waals surface area (Å²) in [5, 5.41) is 5.26. The Hall–Kier alpha value is -3.55. The van der Waals surface area contributed by atoms with Gasteiger partial charge in [-0.05, 0) is 12.1 Å². The van der Waals surface area contributed by atoms with Gasteiger partial charge in [-0.25, -0.2) is 4.79 Å². The number of hydrogen-bond acceptors (Lipinski definition) is 6. The Morgan fingerprint density at radius 3 is 1.80 bits per heavy atom. The number of carbonyl (C=O) groups excluding carboxylic acids is 3. The number of carbonyl (C=O) groups is 3. The second-order valence-corrected chi connectivity index (χ2v) is 6.42. The van der Waals surface area contributed by atoms with Crippen LogP contribution in [0.4, 0.5) is 0 Å². The Bertz CT molecular complexity index is 883. The second-order valence-electron chi connectivity index (χ2n) is 6.42. The maximum atomic E-state index is 12.4. The predicted octanol–water partition coefficient (Wildman–Crippen LogP) is 1.26. The maximum Gasteiger partial charge on any atom is 0.330 e. The van der Waals surface area contributed by atoms with E-state index in [1.54, 1.807) is 42.5 Å². The quantitative estimate of drug-likeness (QED) is 0.568. The van der Waals surface area contributed by atoms with Crippen molar-refractivity contribution in [2.24, 2.45) is 0 Å². The summed E-state index contributed by atoms with van der Waals surface area (Å²) in [6.45, 7) is -0.0989. The van der Waals surface area contributed by atoms with Gasteiger partial charge < -0.3 is 24.8 Å². The van der Waals surface area contributed by atoms with E-state index in [1.165, 1.54) is 21.3 Å². The Kier molecular flexibility index (Phi) is 8.68. The number of nitrogens with one attached hydrogen (secondary N) is 2. The van der Waals surface area contributed by atoms with Gasteiger partial charge in [0.25, 0.3) is 0 Å². The van der Waals surface area contributed by atoms with Crippen LogP contribution < -0.4 is 20.1 Å². The molecule has 8 heteroatoms. The number of methoxy groups -OCH3 is 3. The zero-order chi connectivity index (χ0) is 21.9. The molecule has 2 aromatic carbocycles. The third kappa shape index (κ3) is 6.51. The van der Waals surface area contributed by atoms with E-state index in [9.17, 15) is 14.4 Å². The maximum absolute atomic E-state index is 12.4. The molecule has 0 fully saturated rings. The van der Waals surface area contributed by atoms with Crippen molar-refractivity contribution in [3.63, 3.8) is 0 Å².